The molecular formula is C23H25F3N6O. The van der Waals surface area contributed by atoms with Crippen molar-refractivity contribution in [3.63, 3.8) is 0 Å². The number of aromatic amines is 1. The standard InChI is InChI=1S/C23H25F3N6O/c24-23(25,26)17-11-29-21(30-14-2-1-6-27-9-14)32-19(17)16-10-28-20-15(16)3-4-18(31-20)22-5-7-33-12-13(22)8-22/h3-4,10-11,13-14,27H,1-2,5-9,12H2,(H,28,31)(H,29,30,32). The zero-order chi connectivity index (χ0) is 22.6. The van der Waals surface area contributed by atoms with E-state index in [2.05, 4.69) is 25.6 Å². The molecule has 3 aromatic rings. The van der Waals surface area contributed by atoms with Crippen LogP contribution < -0.4 is 10.6 Å². The molecule has 1 saturated carbocycles. The Morgan fingerprint density at radius 2 is 2.12 bits per heavy atom. The minimum Gasteiger partial charge on any atom is -0.381 e. The topological polar surface area (TPSA) is 87.8 Å². The molecule has 33 heavy (non-hydrogen) atoms. The molecule has 3 unspecified atom stereocenters. The maximum Gasteiger partial charge on any atom is 0.419 e. The van der Waals surface area contributed by atoms with Crippen LogP contribution in [0.4, 0.5) is 19.1 Å². The number of piperidine rings is 1. The lowest BCUT2D eigenvalue weighted by Crippen LogP contribution is -2.38. The summed E-state index contributed by atoms with van der Waals surface area (Å²) in [5.41, 5.74) is 0.993. The molecular weight excluding hydrogens is 433 g/mol. The van der Waals surface area contributed by atoms with Gasteiger partial charge in [0.15, 0.2) is 0 Å². The van der Waals surface area contributed by atoms with Crippen molar-refractivity contribution in [2.45, 2.75) is 43.3 Å². The van der Waals surface area contributed by atoms with Gasteiger partial charge in [0.2, 0.25) is 5.95 Å². The van der Waals surface area contributed by atoms with Crippen LogP contribution in [0, 0.1) is 5.92 Å². The summed E-state index contributed by atoms with van der Waals surface area (Å²) in [5, 5.41) is 7.08. The number of fused-ring (bicyclic) bond motifs is 2. The van der Waals surface area contributed by atoms with Crippen molar-refractivity contribution >= 4 is 17.0 Å². The fourth-order valence-electron chi connectivity index (χ4n) is 5.33. The van der Waals surface area contributed by atoms with E-state index in [1.807, 2.05) is 12.1 Å². The molecule has 174 valence electrons. The Balaban J connectivity index is 1.38. The van der Waals surface area contributed by atoms with Gasteiger partial charge < -0.3 is 20.4 Å². The second kappa shape index (κ2) is 7.66. The first-order chi connectivity index (χ1) is 15.9. The van der Waals surface area contributed by atoms with Gasteiger partial charge in [-0.15, -0.1) is 0 Å². The third-order valence-corrected chi connectivity index (χ3v) is 7.27. The Hall–Kier alpha value is -2.72. The van der Waals surface area contributed by atoms with Crippen LogP contribution in [-0.4, -0.2) is 52.3 Å². The zero-order valence-corrected chi connectivity index (χ0v) is 18.0. The highest BCUT2D eigenvalue weighted by Gasteiger charge is 2.57. The van der Waals surface area contributed by atoms with Crippen molar-refractivity contribution in [2.75, 3.05) is 31.6 Å². The molecule has 3 aromatic heterocycles. The molecule has 1 aliphatic carbocycles. The van der Waals surface area contributed by atoms with Crippen molar-refractivity contribution in [3.8, 4) is 11.3 Å². The summed E-state index contributed by atoms with van der Waals surface area (Å²) in [5.74, 6) is 0.680. The summed E-state index contributed by atoms with van der Waals surface area (Å²) >= 11 is 0. The van der Waals surface area contributed by atoms with Crippen LogP contribution in [0.2, 0.25) is 0 Å². The smallest absolute Gasteiger partial charge is 0.381 e. The maximum atomic E-state index is 13.8. The average molecular weight is 458 g/mol. The van der Waals surface area contributed by atoms with Crippen LogP contribution >= 0.6 is 0 Å². The number of alkyl halides is 3. The summed E-state index contributed by atoms with van der Waals surface area (Å²) in [6, 6.07) is 3.90. The van der Waals surface area contributed by atoms with E-state index in [9.17, 15) is 13.2 Å². The lowest BCUT2D eigenvalue weighted by atomic mass is 9.93. The van der Waals surface area contributed by atoms with Gasteiger partial charge in [0.25, 0.3) is 0 Å². The number of ether oxygens (including phenoxy) is 1. The van der Waals surface area contributed by atoms with E-state index < -0.39 is 11.7 Å². The van der Waals surface area contributed by atoms with Gasteiger partial charge in [0.1, 0.15) is 11.2 Å². The SMILES string of the molecule is FC(F)(F)c1cnc(NC2CCCNC2)nc1-c1c[nH]c2nc(C34CCOCC3C4)ccc12. The van der Waals surface area contributed by atoms with E-state index in [-0.39, 0.29) is 23.1 Å². The van der Waals surface area contributed by atoms with E-state index in [0.717, 1.165) is 57.3 Å². The molecule has 10 heteroatoms. The number of hydrogen-bond donors (Lipinski definition) is 3. The lowest BCUT2D eigenvalue weighted by molar-refractivity contribution is -0.137. The van der Waals surface area contributed by atoms with E-state index in [0.29, 0.717) is 29.1 Å². The van der Waals surface area contributed by atoms with Crippen molar-refractivity contribution < 1.29 is 17.9 Å². The minimum absolute atomic E-state index is 0.0505. The third kappa shape index (κ3) is 3.65. The lowest BCUT2D eigenvalue weighted by Gasteiger charge is -2.24. The molecule has 3 fully saturated rings. The molecule has 3 atom stereocenters. The predicted molar refractivity (Wildman–Crippen MR) is 117 cm³/mol. The van der Waals surface area contributed by atoms with E-state index in [1.54, 1.807) is 6.20 Å². The number of anilines is 1. The molecule has 0 spiro atoms. The number of nitrogens with one attached hydrogen (secondary N) is 3. The number of H-pyrrole nitrogens is 1. The second-order valence-electron chi connectivity index (χ2n) is 9.32. The largest absolute Gasteiger partial charge is 0.419 e. The highest BCUT2D eigenvalue weighted by molar-refractivity contribution is 5.93. The van der Waals surface area contributed by atoms with Gasteiger partial charge in [-0.25, -0.2) is 15.0 Å². The minimum atomic E-state index is -4.57. The van der Waals surface area contributed by atoms with Crippen LogP contribution in [0.5, 0.6) is 0 Å². The van der Waals surface area contributed by atoms with Gasteiger partial charge in [-0.2, -0.15) is 13.2 Å². The molecule has 2 saturated heterocycles. The Morgan fingerprint density at radius 1 is 1.21 bits per heavy atom. The van der Waals surface area contributed by atoms with Gasteiger partial charge in [-0.05, 0) is 50.3 Å². The van der Waals surface area contributed by atoms with Gasteiger partial charge in [-0.3, -0.25) is 0 Å². The predicted octanol–water partition coefficient (Wildman–Crippen LogP) is 3.88. The Morgan fingerprint density at radius 3 is 2.91 bits per heavy atom. The monoisotopic (exact) mass is 458 g/mol. The number of pyridine rings is 1. The normalized spacial score (nSPS) is 27.4. The Labute approximate surface area is 188 Å². The molecule has 0 amide bonds. The van der Waals surface area contributed by atoms with Crippen molar-refractivity contribution in [2.24, 2.45) is 5.92 Å². The highest BCUT2D eigenvalue weighted by atomic mass is 19.4. The average Bonchev–Trinajstić information content (AvgIpc) is 3.42. The van der Waals surface area contributed by atoms with Gasteiger partial charge in [0.05, 0.1) is 12.3 Å². The number of nitrogens with zero attached hydrogens (tertiary/aromatic N) is 3. The summed E-state index contributed by atoms with van der Waals surface area (Å²) in [6.45, 7) is 3.14. The summed E-state index contributed by atoms with van der Waals surface area (Å²) in [4.78, 5) is 16.2. The molecule has 0 bridgehead atoms. The third-order valence-electron chi connectivity index (χ3n) is 7.27. The first kappa shape index (κ1) is 20.9. The fourth-order valence-corrected chi connectivity index (χ4v) is 5.33. The summed E-state index contributed by atoms with van der Waals surface area (Å²) in [6.07, 6.45) is 1.76. The Kier molecular flexibility index (Phi) is 4.84. The van der Waals surface area contributed by atoms with Crippen molar-refractivity contribution in [3.05, 3.63) is 35.8 Å². The number of aromatic nitrogens is 4. The summed E-state index contributed by atoms with van der Waals surface area (Å²) < 4.78 is 47.1. The van der Waals surface area contributed by atoms with Crippen molar-refractivity contribution in [1.82, 2.24) is 25.3 Å². The van der Waals surface area contributed by atoms with E-state index in [1.165, 1.54) is 0 Å². The molecule has 0 aromatic carbocycles. The quantitative estimate of drug-likeness (QED) is 0.550. The van der Waals surface area contributed by atoms with Crippen molar-refractivity contribution in [1.29, 1.82) is 0 Å². The molecule has 2 aliphatic heterocycles. The molecule has 6 rings (SSSR count). The number of hydrogen-bond acceptors (Lipinski definition) is 6. The summed E-state index contributed by atoms with van der Waals surface area (Å²) in [7, 11) is 0. The van der Waals surface area contributed by atoms with E-state index in [4.69, 9.17) is 9.72 Å². The first-order valence-corrected chi connectivity index (χ1v) is 11.4. The highest BCUT2D eigenvalue weighted by Crippen LogP contribution is 2.58. The maximum absolute atomic E-state index is 13.8. The van der Waals surface area contributed by atoms with Crippen LogP contribution in [0.25, 0.3) is 22.3 Å². The van der Waals surface area contributed by atoms with E-state index >= 15 is 0 Å². The molecule has 7 nitrogen and oxygen atoms in total. The fraction of sp³-hybridized carbons (Fsp3) is 0.522. The molecule has 3 aliphatic rings. The Bertz CT molecular complexity index is 1190. The molecule has 3 N–H and O–H groups in total. The van der Waals surface area contributed by atoms with Crippen LogP contribution in [0.1, 0.15) is 36.9 Å². The first-order valence-electron chi connectivity index (χ1n) is 11.4. The van der Waals surface area contributed by atoms with Gasteiger partial charge in [-0.1, -0.05) is 0 Å². The van der Waals surface area contributed by atoms with Crippen LogP contribution in [0.15, 0.2) is 24.5 Å². The van der Waals surface area contributed by atoms with Crippen LogP contribution in [-0.2, 0) is 16.3 Å². The molecule has 0 radical (unpaired) electrons. The zero-order valence-electron chi connectivity index (χ0n) is 18.0. The number of rotatable bonds is 4. The van der Waals surface area contributed by atoms with Crippen LogP contribution in [0.3, 0.4) is 0 Å². The van der Waals surface area contributed by atoms with Gasteiger partial charge >= 0.3 is 6.18 Å². The van der Waals surface area contributed by atoms with Gasteiger partial charge in [0, 0.05) is 53.6 Å². The second-order valence-corrected chi connectivity index (χ2v) is 9.32. The molecule has 5 heterocycles. The number of halogens is 3.